The van der Waals surface area contributed by atoms with Gasteiger partial charge >= 0.3 is 0 Å². The van der Waals surface area contributed by atoms with E-state index < -0.39 is 5.25 Å². The molecule has 2 aliphatic heterocycles. The number of nitrogens with one attached hydrogen (secondary N) is 2. The molecule has 7 nitrogen and oxygen atoms in total. The number of amides is 3. The van der Waals surface area contributed by atoms with Crippen LogP contribution < -0.4 is 10.6 Å². The lowest BCUT2D eigenvalue weighted by Crippen LogP contribution is -2.33. The van der Waals surface area contributed by atoms with E-state index in [2.05, 4.69) is 20.5 Å². The second-order valence-corrected chi connectivity index (χ2v) is 10.5. The normalized spacial score (nSPS) is 17.9. The zero-order valence-electron chi connectivity index (χ0n) is 18.9. The lowest BCUT2D eigenvalue weighted by Gasteiger charge is -2.27. The topological polar surface area (TPSA) is 90.9 Å². The van der Waals surface area contributed by atoms with Gasteiger partial charge in [0.15, 0.2) is 5.17 Å². The van der Waals surface area contributed by atoms with Gasteiger partial charge in [-0.15, -0.1) is 11.8 Å². The molecule has 4 rings (SSSR count). The second-order valence-electron chi connectivity index (χ2n) is 8.13. The van der Waals surface area contributed by atoms with Gasteiger partial charge in [0.25, 0.3) is 11.8 Å². The highest BCUT2D eigenvalue weighted by Crippen LogP contribution is 2.29. The highest BCUT2D eigenvalue weighted by molar-refractivity contribution is 8.15. The maximum atomic E-state index is 12.5. The molecule has 0 saturated carbocycles. The molecule has 0 aliphatic carbocycles. The number of carbonyl (C=O) groups is 3. The van der Waals surface area contributed by atoms with E-state index in [9.17, 15) is 14.4 Å². The van der Waals surface area contributed by atoms with Crippen LogP contribution in [0.4, 0.5) is 5.69 Å². The Kier molecular flexibility index (Phi) is 8.65. The fraction of sp³-hybridized carbons (Fsp3) is 0.360. The van der Waals surface area contributed by atoms with Crippen molar-refractivity contribution in [2.45, 2.75) is 35.8 Å². The second kappa shape index (κ2) is 12.1. The van der Waals surface area contributed by atoms with Crippen LogP contribution in [-0.4, -0.2) is 58.4 Å². The third kappa shape index (κ3) is 6.87. The summed E-state index contributed by atoms with van der Waals surface area (Å²) in [6, 6.07) is 16.8. The Morgan fingerprint density at radius 2 is 1.76 bits per heavy atom. The molecule has 3 amide bonds. The van der Waals surface area contributed by atoms with E-state index in [-0.39, 0.29) is 24.1 Å². The number of thioether (sulfide) groups is 2. The zero-order chi connectivity index (χ0) is 23.8. The Labute approximate surface area is 208 Å². The number of hydrogen-bond donors (Lipinski definition) is 2. The predicted molar refractivity (Wildman–Crippen MR) is 138 cm³/mol. The van der Waals surface area contributed by atoms with E-state index in [0.29, 0.717) is 17.8 Å². The first-order valence-corrected chi connectivity index (χ1v) is 13.3. The number of amidine groups is 1. The SMILES string of the molecule is O=C(C[C@@H]1SC(N2CCCCC2)=NC1=O)Nc1ccc(C(=O)NCCSc2ccccc2)cc1. The van der Waals surface area contributed by atoms with E-state index in [1.165, 1.54) is 23.1 Å². The molecule has 2 aromatic rings. The van der Waals surface area contributed by atoms with Crippen LogP contribution in [0, 0.1) is 0 Å². The number of rotatable bonds is 8. The lowest BCUT2D eigenvalue weighted by molar-refractivity contribution is -0.121. The van der Waals surface area contributed by atoms with Crippen LogP contribution in [0.2, 0.25) is 0 Å². The summed E-state index contributed by atoms with van der Waals surface area (Å²) in [4.78, 5) is 44.6. The van der Waals surface area contributed by atoms with Crippen molar-refractivity contribution in [3.05, 3.63) is 60.2 Å². The van der Waals surface area contributed by atoms with Crippen LogP contribution in [0.3, 0.4) is 0 Å². The molecule has 0 unspecified atom stereocenters. The quantitative estimate of drug-likeness (QED) is 0.424. The van der Waals surface area contributed by atoms with Crippen LogP contribution in [0.25, 0.3) is 0 Å². The van der Waals surface area contributed by atoms with Crippen molar-refractivity contribution in [2.24, 2.45) is 4.99 Å². The summed E-state index contributed by atoms with van der Waals surface area (Å²) in [6.45, 7) is 2.40. The summed E-state index contributed by atoms with van der Waals surface area (Å²) in [5.41, 5.74) is 1.12. The smallest absolute Gasteiger partial charge is 0.262 e. The largest absolute Gasteiger partial charge is 0.351 e. The number of likely N-dealkylation sites (tertiary alicyclic amines) is 1. The van der Waals surface area contributed by atoms with Gasteiger partial charge in [-0.05, 0) is 55.7 Å². The molecule has 9 heteroatoms. The van der Waals surface area contributed by atoms with Crippen LogP contribution >= 0.6 is 23.5 Å². The van der Waals surface area contributed by atoms with Gasteiger partial charge in [-0.2, -0.15) is 4.99 Å². The first-order chi connectivity index (χ1) is 16.6. The van der Waals surface area contributed by atoms with Crippen molar-refractivity contribution in [1.29, 1.82) is 0 Å². The number of hydrogen-bond acceptors (Lipinski definition) is 6. The first-order valence-electron chi connectivity index (χ1n) is 11.5. The van der Waals surface area contributed by atoms with Gasteiger partial charge in [0, 0.05) is 48.0 Å². The van der Waals surface area contributed by atoms with Crippen LogP contribution in [0.1, 0.15) is 36.0 Å². The Morgan fingerprint density at radius 1 is 1.03 bits per heavy atom. The van der Waals surface area contributed by atoms with Gasteiger partial charge in [-0.3, -0.25) is 14.4 Å². The number of piperidine rings is 1. The molecule has 1 atom stereocenters. The summed E-state index contributed by atoms with van der Waals surface area (Å²) >= 11 is 3.08. The average molecular weight is 497 g/mol. The van der Waals surface area contributed by atoms with E-state index in [1.54, 1.807) is 36.0 Å². The standard InChI is InChI=1S/C25H28N4O3S2/c30-22(17-21-24(32)28-25(34-21)29-14-5-2-6-15-29)27-19-11-9-18(10-12-19)23(31)26-13-16-33-20-7-3-1-4-8-20/h1,3-4,7-12,21H,2,5-6,13-17H2,(H,26,31)(H,27,30)/t21-/m0/s1. The molecule has 1 saturated heterocycles. The molecule has 2 aromatic carbocycles. The number of aliphatic imine (C=N–C) groups is 1. The van der Waals surface area contributed by atoms with E-state index in [1.807, 2.05) is 30.3 Å². The summed E-state index contributed by atoms with van der Waals surface area (Å²) < 4.78 is 0. The molecule has 2 heterocycles. The van der Waals surface area contributed by atoms with Crippen molar-refractivity contribution < 1.29 is 14.4 Å². The molecule has 1 fully saturated rings. The maximum absolute atomic E-state index is 12.5. The summed E-state index contributed by atoms with van der Waals surface area (Å²) in [6.07, 6.45) is 3.51. The average Bonchev–Trinajstić information content (AvgIpc) is 3.23. The van der Waals surface area contributed by atoms with Crippen LogP contribution in [0.15, 0.2) is 64.5 Å². The Morgan fingerprint density at radius 3 is 2.50 bits per heavy atom. The molecule has 34 heavy (non-hydrogen) atoms. The van der Waals surface area contributed by atoms with Gasteiger partial charge in [-0.25, -0.2) is 0 Å². The van der Waals surface area contributed by atoms with Crippen molar-refractivity contribution in [1.82, 2.24) is 10.2 Å². The fourth-order valence-corrected chi connectivity index (χ4v) is 5.67. The highest BCUT2D eigenvalue weighted by atomic mass is 32.2. The Bertz CT molecular complexity index is 1040. The summed E-state index contributed by atoms with van der Waals surface area (Å²) in [5.74, 6) is 0.154. The van der Waals surface area contributed by atoms with Crippen molar-refractivity contribution in [3.63, 3.8) is 0 Å². The number of anilines is 1. The van der Waals surface area contributed by atoms with Gasteiger partial charge in [-0.1, -0.05) is 30.0 Å². The van der Waals surface area contributed by atoms with Crippen molar-refractivity contribution >= 4 is 52.1 Å². The third-order valence-corrected chi connectivity index (χ3v) is 7.78. The molecule has 0 bridgehead atoms. The Balaban J connectivity index is 1.19. The van der Waals surface area contributed by atoms with E-state index >= 15 is 0 Å². The molecule has 0 spiro atoms. The number of nitrogens with zero attached hydrogens (tertiary/aromatic N) is 2. The monoisotopic (exact) mass is 496 g/mol. The van der Waals surface area contributed by atoms with Crippen LogP contribution in [0.5, 0.6) is 0 Å². The fourth-order valence-electron chi connectivity index (χ4n) is 3.77. The zero-order valence-corrected chi connectivity index (χ0v) is 20.5. The maximum Gasteiger partial charge on any atom is 0.262 e. The first kappa shape index (κ1) is 24.3. The lowest BCUT2D eigenvalue weighted by atomic mass is 10.1. The predicted octanol–water partition coefficient (Wildman–Crippen LogP) is 4.02. The minimum atomic E-state index is -0.476. The summed E-state index contributed by atoms with van der Waals surface area (Å²) in [5, 5.41) is 6.00. The molecule has 2 N–H and O–H groups in total. The molecule has 0 aromatic heterocycles. The third-order valence-electron chi connectivity index (χ3n) is 5.56. The van der Waals surface area contributed by atoms with E-state index in [0.717, 1.165) is 36.9 Å². The van der Waals surface area contributed by atoms with Crippen molar-refractivity contribution in [2.75, 3.05) is 30.7 Å². The molecular weight excluding hydrogens is 468 g/mol. The van der Waals surface area contributed by atoms with E-state index in [4.69, 9.17) is 0 Å². The molecule has 178 valence electrons. The van der Waals surface area contributed by atoms with Gasteiger partial charge in [0.1, 0.15) is 5.25 Å². The van der Waals surface area contributed by atoms with Crippen molar-refractivity contribution in [3.8, 4) is 0 Å². The molecule has 0 radical (unpaired) electrons. The highest BCUT2D eigenvalue weighted by Gasteiger charge is 2.33. The molecule has 2 aliphatic rings. The number of benzene rings is 2. The van der Waals surface area contributed by atoms with Gasteiger partial charge in [0.05, 0.1) is 0 Å². The minimum absolute atomic E-state index is 0.0751. The van der Waals surface area contributed by atoms with Crippen LogP contribution in [-0.2, 0) is 9.59 Å². The van der Waals surface area contributed by atoms with Gasteiger partial charge < -0.3 is 15.5 Å². The summed E-state index contributed by atoms with van der Waals surface area (Å²) in [7, 11) is 0. The van der Waals surface area contributed by atoms with Gasteiger partial charge in [0.2, 0.25) is 5.91 Å². The number of carbonyl (C=O) groups excluding carboxylic acids is 3. The minimum Gasteiger partial charge on any atom is -0.351 e. The molecular formula is C25H28N4O3S2. The Hall–Kier alpha value is -2.78.